The van der Waals surface area contributed by atoms with E-state index in [1.807, 2.05) is 13.8 Å². The van der Waals surface area contributed by atoms with Crippen molar-refractivity contribution in [2.24, 2.45) is 0 Å². The summed E-state index contributed by atoms with van der Waals surface area (Å²) in [6.45, 7) is 3.81. The lowest BCUT2D eigenvalue weighted by atomic mass is 9.98. The van der Waals surface area contributed by atoms with Gasteiger partial charge in [0.15, 0.2) is 0 Å². The molecule has 1 aromatic carbocycles. The van der Waals surface area contributed by atoms with Gasteiger partial charge in [0, 0.05) is 11.1 Å². The van der Waals surface area contributed by atoms with E-state index in [-0.39, 0.29) is 23.1 Å². The third-order valence-corrected chi connectivity index (χ3v) is 3.14. The van der Waals surface area contributed by atoms with Crippen molar-refractivity contribution in [2.45, 2.75) is 19.8 Å². The van der Waals surface area contributed by atoms with Crippen LogP contribution >= 0.6 is 0 Å². The molecular weight excluding hydrogens is 259 g/mol. The van der Waals surface area contributed by atoms with Crippen molar-refractivity contribution < 1.29 is 4.39 Å². The first kappa shape index (κ1) is 12.5. The predicted molar refractivity (Wildman–Crippen MR) is 73.1 cm³/mol. The lowest BCUT2D eigenvalue weighted by molar-refractivity contribution is 0.628. The van der Waals surface area contributed by atoms with Crippen molar-refractivity contribution in [1.29, 1.82) is 0 Å². The summed E-state index contributed by atoms with van der Waals surface area (Å²) in [6, 6.07) is 6.07. The highest BCUT2D eigenvalue weighted by Gasteiger charge is 2.18. The Kier molecular flexibility index (Phi) is 2.85. The van der Waals surface area contributed by atoms with Gasteiger partial charge in [-0.25, -0.2) is 14.4 Å². The molecule has 0 atom stereocenters. The van der Waals surface area contributed by atoms with Crippen LogP contribution in [0, 0.1) is 5.82 Å². The van der Waals surface area contributed by atoms with Crippen molar-refractivity contribution in [2.75, 3.05) is 0 Å². The lowest BCUT2D eigenvalue weighted by Gasteiger charge is -2.11. The van der Waals surface area contributed by atoms with Gasteiger partial charge >= 0.3 is 0 Å². The Hall–Kier alpha value is -2.50. The summed E-state index contributed by atoms with van der Waals surface area (Å²) in [4.78, 5) is 20.8. The zero-order chi connectivity index (χ0) is 14.3. The lowest BCUT2D eigenvalue weighted by Crippen LogP contribution is -2.22. The van der Waals surface area contributed by atoms with E-state index in [2.05, 4.69) is 15.1 Å². The maximum atomic E-state index is 13.4. The first-order valence-electron chi connectivity index (χ1n) is 6.30. The van der Waals surface area contributed by atoms with Crippen LogP contribution in [0.2, 0.25) is 0 Å². The molecule has 0 aliphatic heterocycles. The minimum Gasteiger partial charge on any atom is -0.278 e. The van der Waals surface area contributed by atoms with Crippen LogP contribution in [0.15, 0.2) is 35.4 Å². The van der Waals surface area contributed by atoms with Crippen molar-refractivity contribution in [1.82, 2.24) is 19.6 Å². The first-order valence-corrected chi connectivity index (χ1v) is 6.30. The number of aromatic nitrogens is 4. The van der Waals surface area contributed by atoms with Crippen LogP contribution in [0.25, 0.3) is 17.0 Å². The Balaban J connectivity index is 2.39. The van der Waals surface area contributed by atoms with Gasteiger partial charge in [0.1, 0.15) is 12.1 Å². The molecule has 0 bridgehead atoms. The fourth-order valence-electron chi connectivity index (χ4n) is 2.25. The number of hydrogen-bond acceptors (Lipinski definition) is 3. The average molecular weight is 272 g/mol. The molecule has 5 nitrogen and oxygen atoms in total. The summed E-state index contributed by atoms with van der Waals surface area (Å²) in [6.07, 6.45) is 1.41. The number of halogens is 1. The van der Waals surface area contributed by atoms with Gasteiger partial charge in [0.25, 0.3) is 11.3 Å². The molecule has 0 spiro atoms. The van der Waals surface area contributed by atoms with E-state index in [9.17, 15) is 9.18 Å². The van der Waals surface area contributed by atoms with Crippen molar-refractivity contribution >= 4 is 5.78 Å². The number of fused-ring (bicyclic) bond motifs is 1. The zero-order valence-corrected chi connectivity index (χ0v) is 11.1. The molecule has 1 N–H and O–H groups in total. The quantitative estimate of drug-likeness (QED) is 0.778. The summed E-state index contributed by atoms with van der Waals surface area (Å²) in [7, 11) is 0. The molecule has 0 aliphatic rings. The van der Waals surface area contributed by atoms with E-state index in [0.29, 0.717) is 16.8 Å². The molecule has 0 unspecified atom stereocenters. The molecule has 102 valence electrons. The summed E-state index contributed by atoms with van der Waals surface area (Å²) in [5.41, 5.74) is 1.40. The van der Waals surface area contributed by atoms with Crippen LogP contribution in [0.1, 0.15) is 25.3 Å². The van der Waals surface area contributed by atoms with Gasteiger partial charge in [0.2, 0.25) is 0 Å². The third-order valence-electron chi connectivity index (χ3n) is 3.14. The van der Waals surface area contributed by atoms with E-state index >= 15 is 0 Å². The number of rotatable bonds is 2. The minimum absolute atomic E-state index is 0.0338. The second kappa shape index (κ2) is 4.56. The summed E-state index contributed by atoms with van der Waals surface area (Å²) in [5, 5.41) is 2.73. The van der Waals surface area contributed by atoms with E-state index < -0.39 is 0 Å². The van der Waals surface area contributed by atoms with E-state index in [0.717, 1.165) is 0 Å². The SMILES string of the molecule is CC(C)c1c(-c2cccc(F)c2)nc2nc[nH]n2c1=O. The number of nitrogens with one attached hydrogen (secondary N) is 1. The van der Waals surface area contributed by atoms with Crippen LogP contribution in [0.5, 0.6) is 0 Å². The number of nitrogens with zero attached hydrogens (tertiary/aromatic N) is 3. The fourth-order valence-corrected chi connectivity index (χ4v) is 2.25. The van der Waals surface area contributed by atoms with Gasteiger partial charge in [-0.15, -0.1) is 0 Å². The molecule has 3 rings (SSSR count). The Morgan fingerprint density at radius 3 is 2.85 bits per heavy atom. The summed E-state index contributed by atoms with van der Waals surface area (Å²) in [5.74, 6) is -0.117. The molecule has 0 fully saturated rings. The molecule has 0 aliphatic carbocycles. The Morgan fingerprint density at radius 2 is 2.15 bits per heavy atom. The molecule has 0 amide bonds. The van der Waals surface area contributed by atoms with Gasteiger partial charge in [-0.05, 0) is 18.1 Å². The van der Waals surface area contributed by atoms with Gasteiger partial charge in [-0.2, -0.15) is 4.52 Å². The molecule has 2 heterocycles. The molecule has 0 saturated heterocycles. The van der Waals surface area contributed by atoms with Crippen LogP contribution < -0.4 is 5.56 Å². The topological polar surface area (TPSA) is 63.1 Å². The van der Waals surface area contributed by atoms with Crippen LogP contribution in [0.3, 0.4) is 0 Å². The normalized spacial score (nSPS) is 11.4. The number of H-pyrrole nitrogens is 1. The monoisotopic (exact) mass is 272 g/mol. The van der Waals surface area contributed by atoms with Gasteiger partial charge in [-0.3, -0.25) is 9.89 Å². The van der Waals surface area contributed by atoms with Crippen LogP contribution in [0.4, 0.5) is 4.39 Å². The largest absolute Gasteiger partial charge is 0.278 e. The predicted octanol–water partition coefficient (Wildman–Crippen LogP) is 2.35. The zero-order valence-electron chi connectivity index (χ0n) is 11.1. The molecule has 0 radical (unpaired) electrons. The highest BCUT2D eigenvalue weighted by atomic mass is 19.1. The fraction of sp³-hybridized carbons (Fsp3) is 0.214. The molecule has 20 heavy (non-hydrogen) atoms. The molecular formula is C14H13FN4O. The first-order chi connectivity index (χ1) is 9.58. The van der Waals surface area contributed by atoms with Crippen molar-refractivity contribution in [3.05, 3.63) is 52.3 Å². The second-order valence-corrected chi connectivity index (χ2v) is 4.87. The van der Waals surface area contributed by atoms with Gasteiger partial charge < -0.3 is 0 Å². The van der Waals surface area contributed by atoms with Gasteiger partial charge in [0.05, 0.1) is 5.69 Å². The molecule has 0 saturated carbocycles. The minimum atomic E-state index is -0.360. The average Bonchev–Trinajstić information content (AvgIpc) is 2.86. The Bertz CT molecular complexity index is 835. The Morgan fingerprint density at radius 1 is 1.35 bits per heavy atom. The van der Waals surface area contributed by atoms with Crippen molar-refractivity contribution in [3.63, 3.8) is 0 Å². The Labute approximate surface area is 114 Å². The van der Waals surface area contributed by atoms with Crippen molar-refractivity contribution in [3.8, 4) is 11.3 Å². The number of aromatic amines is 1. The maximum absolute atomic E-state index is 13.4. The van der Waals surface area contributed by atoms with E-state index in [1.165, 1.54) is 23.0 Å². The van der Waals surface area contributed by atoms with E-state index in [1.54, 1.807) is 12.1 Å². The standard InChI is InChI=1S/C14H13FN4O/c1-8(2)11-12(9-4-3-5-10(15)6-9)18-14-16-7-17-19(14)13(11)20/h3-8H,1-2H3,(H,16,17,18). The smallest absolute Gasteiger partial charge is 0.278 e. The highest BCUT2D eigenvalue weighted by molar-refractivity contribution is 5.65. The second-order valence-electron chi connectivity index (χ2n) is 4.87. The summed E-state index contributed by atoms with van der Waals surface area (Å²) < 4.78 is 14.7. The molecule has 2 aromatic heterocycles. The number of hydrogen-bond donors (Lipinski definition) is 1. The van der Waals surface area contributed by atoms with Crippen LogP contribution in [-0.2, 0) is 0 Å². The van der Waals surface area contributed by atoms with E-state index in [4.69, 9.17) is 0 Å². The maximum Gasteiger partial charge on any atom is 0.278 e. The van der Waals surface area contributed by atoms with Crippen LogP contribution in [-0.4, -0.2) is 19.6 Å². The third kappa shape index (κ3) is 1.89. The summed E-state index contributed by atoms with van der Waals surface area (Å²) >= 11 is 0. The van der Waals surface area contributed by atoms with Gasteiger partial charge in [-0.1, -0.05) is 26.0 Å². The molecule has 6 heteroatoms. The molecule has 3 aromatic rings. The number of benzene rings is 1. The highest BCUT2D eigenvalue weighted by Crippen LogP contribution is 2.25.